The summed E-state index contributed by atoms with van der Waals surface area (Å²) in [5, 5.41) is 12.3. The molecule has 0 radical (unpaired) electrons. The highest BCUT2D eigenvalue weighted by Gasteiger charge is 2.54. The molecule has 1 aliphatic rings. The van der Waals surface area contributed by atoms with E-state index in [1.807, 2.05) is 31.2 Å². The minimum absolute atomic E-state index is 0.115. The zero-order valence-corrected chi connectivity index (χ0v) is 12.3. The zero-order chi connectivity index (χ0) is 16.4. The third kappa shape index (κ3) is 3.52. The Balaban J connectivity index is 1.87. The second-order valence-electron chi connectivity index (χ2n) is 5.60. The standard InChI is InChI=1S/C15H19F3N2O2/c1-11-4-2-3-5-12(11)10-19-13(21)20-8-6-14(22,7-9-20)15(16,17)18/h2-5,22H,6-10H2,1H3,(H,19,21). The lowest BCUT2D eigenvalue weighted by Gasteiger charge is -2.39. The number of hydrogen-bond acceptors (Lipinski definition) is 2. The van der Waals surface area contributed by atoms with E-state index in [0.717, 1.165) is 11.1 Å². The molecule has 0 unspecified atom stereocenters. The van der Waals surface area contributed by atoms with Crippen molar-refractivity contribution in [1.82, 2.24) is 10.2 Å². The molecule has 22 heavy (non-hydrogen) atoms. The summed E-state index contributed by atoms with van der Waals surface area (Å²) in [5.41, 5.74) is -0.688. The number of aryl methyl sites for hydroxylation is 1. The van der Waals surface area contributed by atoms with E-state index >= 15 is 0 Å². The first kappa shape index (κ1) is 16.6. The van der Waals surface area contributed by atoms with Crippen LogP contribution >= 0.6 is 0 Å². The summed E-state index contributed by atoms with van der Waals surface area (Å²) < 4.78 is 38.1. The molecule has 122 valence electrons. The van der Waals surface area contributed by atoms with Crippen LogP contribution in [0.4, 0.5) is 18.0 Å². The molecule has 1 saturated heterocycles. The lowest BCUT2D eigenvalue weighted by molar-refractivity contribution is -0.271. The lowest BCUT2D eigenvalue weighted by Crippen LogP contribution is -2.55. The predicted molar refractivity (Wildman–Crippen MR) is 75.2 cm³/mol. The van der Waals surface area contributed by atoms with Crippen LogP contribution < -0.4 is 5.32 Å². The van der Waals surface area contributed by atoms with Crippen LogP contribution in [0.15, 0.2) is 24.3 Å². The van der Waals surface area contributed by atoms with Crippen molar-refractivity contribution in [2.45, 2.75) is 38.1 Å². The highest BCUT2D eigenvalue weighted by Crippen LogP contribution is 2.38. The molecule has 2 amide bonds. The first-order chi connectivity index (χ1) is 10.2. The summed E-state index contributed by atoms with van der Waals surface area (Å²) in [7, 11) is 0. The third-order valence-electron chi connectivity index (χ3n) is 4.10. The van der Waals surface area contributed by atoms with Crippen molar-refractivity contribution >= 4 is 6.03 Å². The number of hydrogen-bond donors (Lipinski definition) is 2. The first-order valence-electron chi connectivity index (χ1n) is 7.09. The average molecular weight is 316 g/mol. The normalized spacial score (nSPS) is 18.1. The van der Waals surface area contributed by atoms with E-state index in [-0.39, 0.29) is 13.1 Å². The molecule has 1 aromatic rings. The van der Waals surface area contributed by atoms with Crippen molar-refractivity contribution in [3.63, 3.8) is 0 Å². The molecule has 0 bridgehead atoms. The Bertz CT molecular complexity index is 538. The Kier molecular flexibility index (Phi) is 4.65. The van der Waals surface area contributed by atoms with Crippen LogP contribution in [0.25, 0.3) is 0 Å². The van der Waals surface area contributed by atoms with Gasteiger partial charge < -0.3 is 15.3 Å². The summed E-state index contributed by atoms with van der Waals surface area (Å²) >= 11 is 0. The van der Waals surface area contributed by atoms with Gasteiger partial charge in [0.15, 0.2) is 5.60 Å². The molecule has 1 fully saturated rings. The minimum Gasteiger partial charge on any atom is -0.380 e. The number of benzene rings is 1. The van der Waals surface area contributed by atoms with E-state index in [1.165, 1.54) is 4.90 Å². The van der Waals surface area contributed by atoms with Crippen molar-refractivity contribution in [1.29, 1.82) is 0 Å². The van der Waals surface area contributed by atoms with Crippen LogP contribution in [0.5, 0.6) is 0 Å². The number of carbonyl (C=O) groups excluding carboxylic acids is 1. The van der Waals surface area contributed by atoms with Gasteiger partial charge in [0, 0.05) is 32.5 Å². The van der Waals surface area contributed by atoms with E-state index in [9.17, 15) is 23.1 Å². The predicted octanol–water partition coefficient (Wildman–Crippen LogP) is 2.59. The summed E-state index contributed by atoms with van der Waals surface area (Å²) in [6.07, 6.45) is -5.64. The number of alkyl halides is 3. The largest absolute Gasteiger partial charge is 0.417 e. The minimum atomic E-state index is -4.66. The molecule has 2 rings (SSSR count). The van der Waals surface area contributed by atoms with Gasteiger partial charge in [0.2, 0.25) is 0 Å². The van der Waals surface area contributed by atoms with Crippen molar-refractivity contribution in [2.75, 3.05) is 13.1 Å². The SMILES string of the molecule is Cc1ccccc1CNC(=O)N1CCC(O)(C(F)(F)F)CC1. The third-order valence-corrected chi connectivity index (χ3v) is 4.10. The molecular weight excluding hydrogens is 297 g/mol. The Morgan fingerprint density at radius 2 is 1.91 bits per heavy atom. The maximum absolute atomic E-state index is 12.7. The number of nitrogens with zero attached hydrogens (tertiary/aromatic N) is 1. The highest BCUT2D eigenvalue weighted by molar-refractivity contribution is 5.74. The summed E-state index contributed by atoms with van der Waals surface area (Å²) in [5.74, 6) is 0. The molecule has 1 heterocycles. The number of piperidine rings is 1. The van der Waals surface area contributed by atoms with Gasteiger partial charge in [-0.3, -0.25) is 0 Å². The molecule has 0 saturated carbocycles. The van der Waals surface area contributed by atoms with Crippen molar-refractivity contribution in [3.05, 3.63) is 35.4 Å². The number of urea groups is 1. The van der Waals surface area contributed by atoms with Gasteiger partial charge in [-0.2, -0.15) is 13.2 Å². The maximum Gasteiger partial charge on any atom is 0.417 e. The van der Waals surface area contributed by atoms with Crippen LogP contribution in [-0.4, -0.2) is 40.9 Å². The number of halogens is 3. The van der Waals surface area contributed by atoms with Gasteiger partial charge in [0.05, 0.1) is 0 Å². The number of amides is 2. The summed E-state index contributed by atoms with van der Waals surface area (Å²) in [6.45, 7) is 2.02. The molecule has 7 heteroatoms. The maximum atomic E-state index is 12.7. The fourth-order valence-corrected chi connectivity index (χ4v) is 2.45. The molecule has 0 aliphatic carbocycles. The number of rotatable bonds is 2. The van der Waals surface area contributed by atoms with E-state index in [2.05, 4.69) is 5.32 Å². The van der Waals surface area contributed by atoms with Crippen LogP contribution in [0.2, 0.25) is 0 Å². The topological polar surface area (TPSA) is 52.6 Å². The molecule has 1 aliphatic heterocycles. The highest BCUT2D eigenvalue weighted by atomic mass is 19.4. The average Bonchev–Trinajstić information content (AvgIpc) is 2.46. The van der Waals surface area contributed by atoms with Gasteiger partial charge in [0.1, 0.15) is 0 Å². The number of nitrogens with one attached hydrogen (secondary N) is 1. The number of carbonyl (C=O) groups is 1. The van der Waals surface area contributed by atoms with Gasteiger partial charge in [0.25, 0.3) is 0 Å². The van der Waals surface area contributed by atoms with Gasteiger partial charge in [-0.1, -0.05) is 24.3 Å². The van der Waals surface area contributed by atoms with E-state index in [0.29, 0.717) is 6.54 Å². The molecule has 0 aromatic heterocycles. The van der Waals surface area contributed by atoms with Crippen molar-refractivity contribution < 1.29 is 23.1 Å². The van der Waals surface area contributed by atoms with Gasteiger partial charge in [-0.25, -0.2) is 4.79 Å². The van der Waals surface area contributed by atoms with Gasteiger partial charge >= 0.3 is 12.2 Å². The van der Waals surface area contributed by atoms with E-state index in [1.54, 1.807) is 0 Å². The second kappa shape index (κ2) is 6.16. The quantitative estimate of drug-likeness (QED) is 0.881. The Morgan fingerprint density at radius 3 is 2.45 bits per heavy atom. The number of likely N-dealkylation sites (tertiary alicyclic amines) is 1. The van der Waals surface area contributed by atoms with Crippen LogP contribution in [0.1, 0.15) is 24.0 Å². The molecular formula is C15H19F3N2O2. The van der Waals surface area contributed by atoms with Crippen LogP contribution in [-0.2, 0) is 6.54 Å². The molecule has 1 aromatic carbocycles. The van der Waals surface area contributed by atoms with Crippen LogP contribution in [0, 0.1) is 6.92 Å². The lowest BCUT2D eigenvalue weighted by atomic mass is 9.91. The Labute approximate surface area is 126 Å². The molecule has 4 nitrogen and oxygen atoms in total. The van der Waals surface area contributed by atoms with Crippen molar-refractivity contribution in [3.8, 4) is 0 Å². The van der Waals surface area contributed by atoms with Gasteiger partial charge in [-0.15, -0.1) is 0 Å². The van der Waals surface area contributed by atoms with E-state index < -0.39 is 30.7 Å². The van der Waals surface area contributed by atoms with E-state index in [4.69, 9.17) is 0 Å². The zero-order valence-electron chi connectivity index (χ0n) is 12.3. The number of aliphatic hydroxyl groups is 1. The summed E-state index contributed by atoms with van der Waals surface area (Å²) in [4.78, 5) is 13.3. The van der Waals surface area contributed by atoms with Gasteiger partial charge in [-0.05, 0) is 18.1 Å². The smallest absolute Gasteiger partial charge is 0.380 e. The second-order valence-corrected chi connectivity index (χ2v) is 5.60. The monoisotopic (exact) mass is 316 g/mol. The summed E-state index contributed by atoms with van der Waals surface area (Å²) in [6, 6.07) is 7.15. The first-order valence-corrected chi connectivity index (χ1v) is 7.09. The fourth-order valence-electron chi connectivity index (χ4n) is 2.45. The fraction of sp³-hybridized carbons (Fsp3) is 0.533. The molecule has 2 N–H and O–H groups in total. The van der Waals surface area contributed by atoms with Crippen LogP contribution in [0.3, 0.4) is 0 Å². The molecule has 0 atom stereocenters. The molecule has 0 spiro atoms. The van der Waals surface area contributed by atoms with Crippen molar-refractivity contribution in [2.24, 2.45) is 0 Å². The Hall–Kier alpha value is -1.76. The Morgan fingerprint density at radius 1 is 1.32 bits per heavy atom.